The van der Waals surface area contributed by atoms with Gasteiger partial charge in [-0.15, -0.1) is 0 Å². The van der Waals surface area contributed by atoms with E-state index >= 15 is 0 Å². The molecule has 10 atom stereocenters. The summed E-state index contributed by atoms with van der Waals surface area (Å²) in [5.74, 6) is 11.3. The molecule has 17 heteroatoms. The number of aliphatic hydroxyl groups is 3. The Labute approximate surface area is 366 Å². The lowest BCUT2D eigenvalue weighted by Gasteiger charge is -2.50. The van der Waals surface area contributed by atoms with Crippen LogP contribution in [0.4, 0.5) is 0 Å². The largest absolute Gasteiger partial charge is 0.493 e. The number of carbonyl (C=O) groups excluding carboxylic acids is 1. The number of aliphatic carboxylic acids is 1. The van der Waals surface area contributed by atoms with Gasteiger partial charge in [0.05, 0.1) is 43.0 Å². The molecule has 11 rings (SSSR count). The van der Waals surface area contributed by atoms with Gasteiger partial charge in [0.25, 0.3) is 0 Å². The summed E-state index contributed by atoms with van der Waals surface area (Å²) in [6.45, 7) is 1.06. The molecular formula is C47H44N4O13. The number of hydrogen-bond acceptors (Lipinski definition) is 16. The molecule has 330 valence electrons. The SMILES string of the molecule is COc1ccc2c3c1OCCC#C[C@H](c1ccccc1)[C@H]1Oc4cc5c(c(CN6C=C7N=CC=C7C6)c4[C@H](O3)[C@H]21)C#CC[C@]1(O)[C@H](O)[C@@H](O)[C@H](O5)O[C@@H]1[C@H](OC(=O)CC(=O)O)C(N)N. The Morgan fingerprint density at radius 2 is 1.89 bits per heavy atom. The highest BCUT2D eigenvalue weighted by atomic mass is 16.7. The van der Waals surface area contributed by atoms with E-state index in [1.165, 1.54) is 0 Å². The smallest absolute Gasteiger partial charge is 0.317 e. The monoisotopic (exact) mass is 872 g/mol. The minimum absolute atomic E-state index is 0.0891. The second-order valence-electron chi connectivity index (χ2n) is 16.5. The molecule has 17 nitrogen and oxygen atoms in total. The molecular weight excluding hydrogens is 829 g/mol. The average molecular weight is 873 g/mol. The number of esters is 1. The van der Waals surface area contributed by atoms with Crippen molar-refractivity contribution in [1.29, 1.82) is 0 Å². The van der Waals surface area contributed by atoms with Gasteiger partial charge in [0.2, 0.25) is 12.0 Å². The highest BCUT2D eigenvalue weighted by Crippen LogP contribution is 2.61. The molecule has 8 aliphatic rings. The van der Waals surface area contributed by atoms with Gasteiger partial charge in [0.15, 0.2) is 17.6 Å². The van der Waals surface area contributed by atoms with Gasteiger partial charge in [-0.1, -0.05) is 60.1 Å². The van der Waals surface area contributed by atoms with Crippen LogP contribution in [-0.2, 0) is 25.6 Å². The zero-order chi connectivity index (χ0) is 44.4. The summed E-state index contributed by atoms with van der Waals surface area (Å²) in [4.78, 5) is 30.6. The number of carboxylic acids is 1. The highest BCUT2D eigenvalue weighted by molar-refractivity contribution is 5.90. The lowest BCUT2D eigenvalue weighted by molar-refractivity contribution is -0.324. The highest BCUT2D eigenvalue weighted by Gasteiger charge is 2.60. The summed E-state index contributed by atoms with van der Waals surface area (Å²) in [5.41, 5.74) is 14.9. The number of hydrogen-bond donors (Lipinski definition) is 6. The maximum atomic E-state index is 12.6. The van der Waals surface area contributed by atoms with E-state index in [9.17, 15) is 30.0 Å². The van der Waals surface area contributed by atoms with Crippen LogP contribution >= 0.6 is 0 Å². The third-order valence-electron chi connectivity index (χ3n) is 12.6. The second kappa shape index (κ2) is 16.2. The number of aliphatic hydroxyl groups excluding tert-OH is 2. The second-order valence-corrected chi connectivity index (χ2v) is 16.5. The van der Waals surface area contributed by atoms with Crippen LogP contribution in [0.1, 0.15) is 65.0 Å². The van der Waals surface area contributed by atoms with Crippen LogP contribution in [0.3, 0.4) is 0 Å². The van der Waals surface area contributed by atoms with Crippen molar-refractivity contribution in [3.8, 4) is 52.4 Å². The van der Waals surface area contributed by atoms with Gasteiger partial charge in [-0.2, -0.15) is 0 Å². The molecule has 6 bridgehead atoms. The van der Waals surface area contributed by atoms with E-state index in [2.05, 4.69) is 33.6 Å². The Hall–Kier alpha value is -6.57. The summed E-state index contributed by atoms with van der Waals surface area (Å²) < 4.78 is 44.6. The first-order chi connectivity index (χ1) is 30.9. The van der Waals surface area contributed by atoms with E-state index in [0.29, 0.717) is 52.7 Å². The lowest BCUT2D eigenvalue weighted by Crippen LogP contribution is -2.72. The van der Waals surface area contributed by atoms with Crippen molar-refractivity contribution in [2.24, 2.45) is 16.5 Å². The van der Waals surface area contributed by atoms with Crippen molar-refractivity contribution in [2.45, 2.75) is 92.3 Å². The molecule has 0 spiro atoms. The number of ether oxygens (including phenoxy) is 7. The number of allylic oxidation sites excluding steroid dienone is 1. The van der Waals surface area contributed by atoms with Gasteiger partial charge in [-0.3, -0.25) is 14.6 Å². The van der Waals surface area contributed by atoms with Gasteiger partial charge < -0.3 is 70.0 Å². The Balaban J connectivity index is 1.15. The predicted molar refractivity (Wildman–Crippen MR) is 224 cm³/mol. The van der Waals surface area contributed by atoms with E-state index < -0.39 is 91.3 Å². The van der Waals surface area contributed by atoms with Crippen molar-refractivity contribution in [2.75, 3.05) is 20.3 Å². The number of aliphatic imine (C=N–C) groups is 1. The van der Waals surface area contributed by atoms with Gasteiger partial charge in [-0.05, 0) is 17.7 Å². The Kier molecular flexibility index (Phi) is 10.5. The van der Waals surface area contributed by atoms with E-state index in [-0.39, 0.29) is 18.9 Å². The Bertz CT molecular complexity index is 2640. The number of benzene rings is 3. The van der Waals surface area contributed by atoms with Gasteiger partial charge in [-0.25, -0.2) is 0 Å². The van der Waals surface area contributed by atoms with Crippen LogP contribution in [0.15, 0.2) is 77.1 Å². The van der Waals surface area contributed by atoms with Crippen LogP contribution in [-0.4, -0.2) is 112 Å². The molecule has 8 heterocycles. The van der Waals surface area contributed by atoms with E-state index in [1.807, 2.05) is 54.7 Å². The quantitative estimate of drug-likeness (QED) is 0.0778. The first-order valence-electron chi connectivity index (χ1n) is 20.8. The summed E-state index contributed by atoms with van der Waals surface area (Å²) in [5, 5.41) is 44.6. The van der Waals surface area contributed by atoms with E-state index in [1.54, 1.807) is 19.4 Å². The Morgan fingerprint density at radius 3 is 2.66 bits per heavy atom. The summed E-state index contributed by atoms with van der Waals surface area (Å²) in [6.07, 6.45) is -7.51. The molecule has 0 aliphatic carbocycles. The summed E-state index contributed by atoms with van der Waals surface area (Å²) >= 11 is 0. The van der Waals surface area contributed by atoms with Crippen molar-refractivity contribution in [3.05, 3.63) is 99.9 Å². The molecule has 1 saturated heterocycles. The normalized spacial score (nSPS) is 29.2. The van der Waals surface area contributed by atoms with Gasteiger partial charge >= 0.3 is 11.9 Å². The standard InChI is InChI=1S/C47H44N4O13/c1-58-30-13-12-27-36-38-25(23-8-3-2-4-9-23)10-5-6-17-59-40(30)39(27)63-41(36)35-28(21-51-20-24-14-16-50-29(24)22-51)26-11-7-15-47(57)43(56)37(55)46(61-31(26)18-32(35)60-38)64-44(47)42(45(48)49)62-34(54)19-33(52)53/h2-4,8-9,12-14,16,18,22,25,36-38,41-46,55-57H,6,15,17,19-21,48-49H2,1H3,(H,52,53)/t25-,36-,37-,38-,41+,42+,43-,44-,46-,47+/m1/s1. The molecule has 1 fully saturated rings. The average Bonchev–Trinajstić information content (AvgIpc) is 3.99. The minimum Gasteiger partial charge on any atom is -0.493 e. The lowest BCUT2D eigenvalue weighted by atomic mass is 9.75. The maximum Gasteiger partial charge on any atom is 0.317 e. The minimum atomic E-state index is -2.46. The molecule has 0 saturated carbocycles. The Morgan fingerprint density at radius 1 is 1.06 bits per heavy atom. The van der Waals surface area contributed by atoms with Crippen LogP contribution in [0.2, 0.25) is 0 Å². The summed E-state index contributed by atoms with van der Waals surface area (Å²) in [6, 6.07) is 15.3. The fourth-order valence-corrected chi connectivity index (χ4v) is 9.64. The number of rotatable bonds is 9. The third-order valence-corrected chi connectivity index (χ3v) is 12.6. The number of fused-ring (bicyclic) bond motifs is 6. The zero-order valence-corrected chi connectivity index (χ0v) is 34.4. The molecule has 8 N–H and O–H groups in total. The van der Waals surface area contributed by atoms with Crippen molar-refractivity contribution in [1.82, 2.24) is 4.90 Å². The molecule has 0 aromatic heterocycles. The predicted octanol–water partition coefficient (Wildman–Crippen LogP) is 1.85. The first-order valence-corrected chi connectivity index (χ1v) is 20.8. The fourth-order valence-electron chi connectivity index (χ4n) is 9.64. The number of nitrogens with two attached hydrogens (primary N) is 2. The van der Waals surface area contributed by atoms with E-state index in [0.717, 1.165) is 22.4 Å². The number of nitrogens with zero attached hydrogens (tertiary/aromatic N) is 2. The van der Waals surface area contributed by atoms with Crippen LogP contribution in [0.5, 0.6) is 28.7 Å². The fraction of sp³-hybridized carbons (Fsp3) is 0.383. The summed E-state index contributed by atoms with van der Waals surface area (Å²) in [7, 11) is 1.57. The zero-order valence-electron chi connectivity index (χ0n) is 34.4. The number of carbonyl (C=O) groups is 2. The first kappa shape index (κ1) is 41.4. The van der Waals surface area contributed by atoms with Crippen molar-refractivity contribution < 1.29 is 63.2 Å². The molecule has 0 radical (unpaired) electrons. The topological polar surface area (TPSA) is 247 Å². The van der Waals surface area contributed by atoms with Crippen molar-refractivity contribution >= 4 is 18.2 Å². The van der Waals surface area contributed by atoms with E-state index in [4.69, 9.17) is 44.6 Å². The van der Waals surface area contributed by atoms with Crippen molar-refractivity contribution in [3.63, 3.8) is 0 Å². The number of carboxylic acid groups (broad SMARTS) is 1. The van der Waals surface area contributed by atoms with Gasteiger partial charge in [0, 0.05) is 66.7 Å². The molecule has 8 aliphatic heterocycles. The van der Waals surface area contributed by atoms with Crippen LogP contribution < -0.4 is 35.2 Å². The van der Waals surface area contributed by atoms with Crippen LogP contribution in [0, 0.1) is 23.7 Å². The molecule has 0 unspecified atom stereocenters. The molecule has 64 heavy (non-hydrogen) atoms. The molecule has 3 aromatic carbocycles. The van der Waals surface area contributed by atoms with Gasteiger partial charge in [0.1, 0.15) is 54.0 Å². The maximum absolute atomic E-state index is 12.6. The third kappa shape index (κ3) is 6.98. The molecule has 3 aromatic rings. The molecule has 0 amide bonds. The van der Waals surface area contributed by atoms with Crippen LogP contribution in [0.25, 0.3) is 0 Å². The number of methoxy groups -OCH3 is 1.